The largest absolute Gasteiger partial charge is 0.497 e. The molecule has 0 spiro atoms. The predicted molar refractivity (Wildman–Crippen MR) is 150 cm³/mol. The van der Waals surface area contributed by atoms with Crippen molar-refractivity contribution in [2.24, 2.45) is 23.7 Å². The molecule has 0 unspecified atom stereocenters. The first-order valence-electron chi connectivity index (χ1n) is 13.6. The van der Waals surface area contributed by atoms with Gasteiger partial charge < -0.3 is 19.5 Å². The van der Waals surface area contributed by atoms with Gasteiger partial charge in [-0.25, -0.2) is 4.79 Å². The average Bonchev–Trinajstić information content (AvgIpc) is 3.67. The first kappa shape index (κ1) is 26.6. The zero-order valence-corrected chi connectivity index (χ0v) is 22.7. The third-order valence-electron chi connectivity index (χ3n) is 8.60. The minimum absolute atomic E-state index is 0.129. The summed E-state index contributed by atoms with van der Waals surface area (Å²) in [7, 11) is 2.99. The van der Waals surface area contributed by atoms with Crippen LogP contribution in [-0.4, -0.2) is 44.5 Å². The molecule has 1 N–H and O–H groups in total. The topological polar surface area (TPSA) is 111 Å². The Labute approximate surface area is 237 Å². The first-order valence-corrected chi connectivity index (χ1v) is 13.6. The van der Waals surface area contributed by atoms with Crippen LogP contribution >= 0.6 is 0 Å². The molecule has 1 saturated heterocycles. The molecule has 9 nitrogen and oxygen atoms in total. The van der Waals surface area contributed by atoms with Gasteiger partial charge in [0.2, 0.25) is 11.8 Å². The lowest BCUT2D eigenvalue weighted by Gasteiger charge is -2.28. The van der Waals surface area contributed by atoms with Crippen molar-refractivity contribution >= 4 is 35.1 Å². The summed E-state index contributed by atoms with van der Waals surface area (Å²) >= 11 is 0. The van der Waals surface area contributed by atoms with Crippen molar-refractivity contribution in [2.45, 2.75) is 18.8 Å². The van der Waals surface area contributed by atoms with E-state index in [2.05, 4.69) is 17.4 Å². The van der Waals surface area contributed by atoms with Gasteiger partial charge in [-0.3, -0.25) is 19.3 Å². The highest BCUT2D eigenvalue weighted by molar-refractivity contribution is 6.23. The number of ether oxygens (including phenoxy) is 3. The normalized spacial score (nSPS) is 24.2. The van der Waals surface area contributed by atoms with Crippen molar-refractivity contribution in [1.29, 1.82) is 0 Å². The second kappa shape index (κ2) is 10.7. The fraction of sp³-hybridized carbons (Fsp3) is 0.312. The van der Waals surface area contributed by atoms with E-state index in [1.54, 1.807) is 30.3 Å². The zero-order chi connectivity index (χ0) is 28.7. The number of carbonyl (C=O) groups excluding carboxylic acids is 4. The van der Waals surface area contributed by atoms with Crippen LogP contribution in [0.25, 0.3) is 0 Å². The fourth-order valence-electron chi connectivity index (χ4n) is 6.87. The molecule has 3 amide bonds. The molecule has 3 aliphatic rings. The number of esters is 1. The Morgan fingerprint density at radius 3 is 2.41 bits per heavy atom. The fourth-order valence-corrected chi connectivity index (χ4v) is 6.87. The van der Waals surface area contributed by atoms with Gasteiger partial charge in [-0.05, 0) is 66.5 Å². The number of amides is 3. The highest BCUT2D eigenvalue weighted by Crippen LogP contribution is 2.61. The molecule has 1 aliphatic heterocycles. The van der Waals surface area contributed by atoms with E-state index in [-0.39, 0.29) is 47.0 Å². The summed E-state index contributed by atoms with van der Waals surface area (Å²) in [5, 5.41) is 2.65. The van der Waals surface area contributed by atoms with Gasteiger partial charge in [-0.15, -0.1) is 0 Å². The van der Waals surface area contributed by atoms with Crippen LogP contribution in [0.3, 0.4) is 0 Å². The maximum absolute atomic E-state index is 13.6. The first-order chi connectivity index (χ1) is 19.9. The van der Waals surface area contributed by atoms with Gasteiger partial charge in [0, 0.05) is 6.07 Å². The minimum atomic E-state index is -0.743. The lowest BCUT2D eigenvalue weighted by molar-refractivity contribution is -0.123. The van der Waals surface area contributed by atoms with Crippen molar-refractivity contribution in [3.8, 4) is 11.5 Å². The van der Waals surface area contributed by atoms with Crippen molar-refractivity contribution in [1.82, 2.24) is 0 Å². The summed E-state index contributed by atoms with van der Waals surface area (Å²) < 4.78 is 15.7. The standard InChI is InChI=1S/C32H30N2O7/c1-39-22-11-12-25(26(16-22)40-2)33-27(35)17-41-32(38)19-9-6-10-21(13-19)34-30(36)28-20-14-23(18-7-4-3-5-8-18)24(15-20)29(28)31(34)37/h3-13,16,20,23-24,28-29H,14-15,17H2,1-2H3,(H,33,35)/t20-,23-,24+,28+,29-/m0/s1. The smallest absolute Gasteiger partial charge is 0.338 e. The van der Waals surface area contributed by atoms with E-state index in [0.29, 0.717) is 22.9 Å². The van der Waals surface area contributed by atoms with Gasteiger partial charge in [-0.2, -0.15) is 0 Å². The number of fused-ring (bicyclic) bond motifs is 5. The van der Waals surface area contributed by atoms with Crippen molar-refractivity contribution in [2.75, 3.05) is 31.0 Å². The van der Waals surface area contributed by atoms with E-state index in [4.69, 9.17) is 14.2 Å². The van der Waals surface area contributed by atoms with Crippen LogP contribution in [0.2, 0.25) is 0 Å². The van der Waals surface area contributed by atoms with Crippen LogP contribution in [0, 0.1) is 23.7 Å². The van der Waals surface area contributed by atoms with E-state index in [0.717, 1.165) is 12.8 Å². The Morgan fingerprint density at radius 1 is 0.878 bits per heavy atom. The summed E-state index contributed by atoms with van der Waals surface area (Å²) in [6.07, 6.45) is 1.79. The minimum Gasteiger partial charge on any atom is -0.497 e. The number of nitrogens with one attached hydrogen (secondary N) is 1. The van der Waals surface area contributed by atoms with Crippen LogP contribution in [0.15, 0.2) is 72.8 Å². The van der Waals surface area contributed by atoms with Crippen LogP contribution in [-0.2, 0) is 19.1 Å². The van der Waals surface area contributed by atoms with Crippen molar-refractivity contribution in [3.05, 3.63) is 83.9 Å². The Balaban J connectivity index is 1.12. The Hall–Kier alpha value is -4.66. The molecule has 210 valence electrons. The molecule has 6 rings (SSSR count). The number of rotatable bonds is 8. The van der Waals surface area contributed by atoms with Gasteiger partial charge in [-0.1, -0.05) is 36.4 Å². The number of hydrogen-bond acceptors (Lipinski definition) is 7. The molecular formula is C32H30N2O7. The second-order valence-electron chi connectivity index (χ2n) is 10.7. The number of carbonyl (C=O) groups is 4. The van der Waals surface area contributed by atoms with Gasteiger partial charge in [0.25, 0.3) is 5.91 Å². The number of hydrogen-bond donors (Lipinski definition) is 1. The Kier molecular flexibility index (Phi) is 6.95. The highest BCUT2D eigenvalue weighted by atomic mass is 16.5. The average molecular weight is 555 g/mol. The molecule has 0 aromatic heterocycles. The summed E-state index contributed by atoms with van der Waals surface area (Å²) in [4.78, 5) is 53.7. The van der Waals surface area contributed by atoms with Gasteiger partial charge in [0.15, 0.2) is 6.61 Å². The molecule has 41 heavy (non-hydrogen) atoms. The molecule has 0 radical (unpaired) electrons. The maximum Gasteiger partial charge on any atom is 0.338 e. The molecule has 9 heteroatoms. The van der Waals surface area contributed by atoms with Crippen LogP contribution in [0.1, 0.15) is 34.7 Å². The molecule has 2 saturated carbocycles. The molecular weight excluding hydrogens is 524 g/mol. The zero-order valence-electron chi connectivity index (χ0n) is 22.7. The lowest BCUT2D eigenvalue weighted by Crippen LogP contribution is -2.33. The number of methoxy groups -OCH3 is 2. The van der Waals surface area contributed by atoms with E-state index in [1.807, 2.05) is 18.2 Å². The number of nitrogens with zero attached hydrogens (tertiary/aromatic N) is 1. The number of imide groups is 1. The summed E-state index contributed by atoms with van der Waals surface area (Å²) in [5.41, 5.74) is 2.10. The molecule has 3 aromatic carbocycles. The highest BCUT2D eigenvalue weighted by Gasteiger charge is 2.64. The van der Waals surface area contributed by atoms with Crippen molar-refractivity contribution in [3.63, 3.8) is 0 Å². The van der Waals surface area contributed by atoms with Gasteiger partial charge in [0.05, 0.1) is 43.0 Å². The van der Waals surface area contributed by atoms with Crippen LogP contribution in [0.4, 0.5) is 11.4 Å². The monoisotopic (exact) mass is 554 g/mol. The van der Waals surface area contributed by atoms with Crippen LogP contribution < -0.4 is 19.7 Å². The molecule has 2 bridgehead atoms. The summed E-state index contributed by atoms with van der Waals surface area (Å²) in [5.74, 6) is -0.835. The second-order valence-corrected chi connectivity index (χ2v) is 10.7. The number of benzene rings is 3. The molecule has 3 aromatic rings. The molecule has 3 fully saturated rings. The Morgan fingerprint density at radius 2 is 1.66 bits per heavy atom. The Bertz CT molecular complexity index is 1520. The maximum atomic E-state index is 13.6. The summed E-state index contributed by atoms with van der Waals surface area (Å²) in [6, 6.07) is 21.3. The van der Waals surface area contributed by atoms with Gasteiger partial charge >= 0.3 is 5.97 Å². The van der Waals surface area contributed by atoms with E-state index in [9.17, 15) is 19.2 Å². The van der Waals surface area contributed by atoms with E-state index in [1.165, 1.54) is 36.8 Å². The lowest BCUT2D eigenvalue weighted by atomic mass is 9.73. The molecule has 1 heterocycles. The third kappa shape index (κ3) is 4.71. The SMILES string of the molecule is COc1ccc(NC(=O)COC(=O)c2cccc(N3C(=O)[C@@H]4[C@@H]5C[C@@H]([C@@H]4C3=O)[C@H](c3ccccc3)C5)c2)c(OC)c1. The quantitative estimate of drug-likeness (QED) is 0.324. The van der Waals surface area contributed by atoms with Gasteiger partial charge in [0.1, 0.15) is 11.5 Å². The number of anilines is 2. The van der Waals surface area contributed by atoms with Crippen molar-refractivity contribution < 1.29 is 33.4 Å². The summed E-state index contributed by atoms with van der Waals surface area (Å²) in [6.45, 7) is -0.534. The molecule has 2 aliphatic carbocycles. The van der Waals surface area contributed by atoms with E-state index < -0.39 is 18.5 Å². The van der Waals surface area contributed by atoms with E-state index >= 15 is 0 Å². The third-order valence-corrected chi connectivity index (χ3v) is 8.60. The van der Waals surface area contributed by atoms with Crippen LogP contribution in [0.5, 0.6) is 11.5 Å². The predicted octanol–water partition coefficient (Wildman–Crippen LogP) is 4.43. The molecule has 5 atom stereocenters.